The van der Waals surface area contributed by atoms with Gasteiger partial charge in [-0.2, -0.15) is 0 Å². The first-order valence-electron chi connectivity index (χ1n) is 8.56. The van der Waals surface area contributed by atoms with E-state index < -0.39 is 5.97 Å². The number of hydrogen-bond donors (Lipinski definition) is 1. The van der Waals surface area contributed by atoms with Gasteiger partial charge in [0.1, 0.15) is 0 Å². The van der Waals surface area contributed by atoms with Gasteiger partial charge in [-0.05, 0) is 57.2 Å². The van der Waals surface area contributed by atoms with Gasteiger partial charge in [-0.1, -0.05) is 6.07 Å². The van der Waals surface area contributed by atoms with Gasteiger partial charge < -0.3 is 9.72 Å². The van der Waals surface area contributed by atoms with Gasteiger partial charge >= 0.3 is 5.97 Å². The number of thiophene rings is 1. The summed E-state index contributed by atoms with van der Waals surface area (Å²) in [5, 5.41) is 2.08. The van der Waals surface area contributed by atoms with Crippen molar-refractivity contribution >= 4 is 23.1 Å². The molecular weight excluding hydrogens is 336 g/mol. The molecule has 2 atom stereocenters. The van der Waals surface area contributed by atoms with Crippen LogP contribution in [0.1, 0.15) is 62.8 Å². The highest BCUT2D eigenvalue weighted by atomic mass is 32.1. The third kappa shape index (κ3) is 3.16. The highest BCUT2D eigenvalue weighted by molar-refractivity contribution is 7.10. The average molecular weight is 360 g/mol. The summed E-state index contributed by atoms with van der Waals surface area (Å²) in [6.45, 7) is 6.47. The number of likely N-dealkylation sites (tertiary alicyclic amines) is 1. The first-order valence-corrected chi connectivity index (χ1v) is 9.44. The Labute approximate surface area is 152 Å². The summed E-state index contributed by atoms with van der Waals surface area (Å²) < 4.78 is 4.84. The summed E-state index contributed by atoms with van der Waals surface area (Å²) in [5.41, 5.74) is 2.33. The molecule has 1 aliphatic rings. The first kappa shape index (κ1) is 17.9. The quantitative estimate of drug-likeness (QED) is 0.649. The van der Waals surface area contributed by atoms with Gasteiger partial charge in [0.25, 0.3) is 0 Å². The standard InChI is InChI=1S/C19H24N2O3S/c1-11-16(19(23)24-4)12(2)20-17(11)18(22)13(3)21-9-5-7-14(21)15-8-6-10-25-15/h6,8,10,13-14,20H,5,7,9H2,1-4H3/t13-,14+/m0/s1. The van der Waals surface area contributed by atoms with Crippen LogP contribution >= 0.6 is 11.3 Å². The Morgan fingerprint density at radius 1 is 1.40 bits per heavy atom. The molecule has 1 saturated heterocycles. The molecule has 0 saturated carbocycles. The molecule has 0 spiro atoms. The number of nitrogens with zero attached hydrogens (tertiary/aromatic N) is 1. The van der Waals surface area contributed by atoms with E-state index in [1.165, 1.54) is 12.0 Å². The van der Waals surface area contributed by atoms with E-state index in [0.29, 0.717) is 28.6 Å². The lowest BCUT2D eigenvalue weighted by Crippen LogP contribution is -2.38. The van der Waals surface area contributed by atoms with E-state index in [-0.39, 0.29) is 11.8 Å². The largest absolute Gasteiger partial charge is 0.465 e. The Bertz CT molecular complexity index is 779. The molecule has 0 aromatic carbocycles. The number of methoxy groups -OCH3 is 1. The number of rotatable bonds is 5. The lowest BCUT2D eigenvalue weighted by Gasteiger charge is -2.29. The molecule has 1 aliphatic heterocycles. The first-order chi connectivity index (χ1) is 12.0. The molecule has 1 fully saturated rings. The maximum atomic E-state index is 13.1. The number of aryl methyl sites for hydroxylation is 1. The molecule has 25 heavy (non-hydrogen) atoms. The van der Waals surface area contributed by atoms with Gasteiger partial charge in [0.2, 0.25) is 0 Å². The third-order valence-corrected chi connectivity index (χ3v) is 6.09. The minimum Gasteiger partial charge on any atom is -0.465 e. The molecule has 2 aromatic heterocycles. The maximum absolute atomic E-state index is 13.1. The summed E-state index contributed by atoms with van der Waals surface area (Å²) >= 11 is 1.74. The highest BCUT2D eigenvalue weighted by Gasteiger charge is 2.35. The van der Waals surface area contributed by atoms with E-state index in [1.807, 2.05) is 6.92 Å². The van der Waals surface area contributed by atoms with Gasteiger partial charge in [-0.15, -0.1) is 11.3 Å². The zero-order chi connectivity index (χ0) is 18.1. The molecule has 3 heterocycles. The van der Waals surface area contributed by atoms with Crippen molar-refractivity contribution in [1.82, 2.24) is 9.88 Å². The van der Waals surface area contributed by atoms with Crippen molar-refractivity contribution in [2.24, 2.45) is 0 Å². The molecule has 0 bridgehead atoms. The number of esters is 1. The maximum Gasteiger partial charge on any atom is 0.339 e. The Morgan fingerprint density at radius 2 is 2.16 bits per heavy atom. The van der Waals surface area contributed by atoms with E-state index in [0.717, 1.165) is 19.4 Å². The van der Waals surface area contributed by atoms with Crippen molar-refractivity contribution in [3.05, 3.63) is 44.9 Å². The lowest BCUT2D eigenvalue weighted by atomic mass is 10.0. The van der Waals surface area contributed by atoms with Crippen LogP contribution in [-0.2, 0) is 4.74 Å². The van der Waals surface area contributed by atoms with Gasteiger partial charge in [-0.3, -0.25) is 9.69 Å². The molecule has 134 valence electrons. The van der Waals surface area contributed by atoms with Gasteiger partial charge in [0, 0.05) is 16.6 Å². The minimum absolute atomic E-state index is 0.0270. The predicted molar refractivity (Wildman–Crippen MR) is 98.4 cm³/mol. The number of H-pyrrole nitrogens is 1. The Morgan fingerprint density at radius 3 is 2.80 bits per heavy atom. The second-order valence-electron chi connectivity index (χ2n) is 6.57. The number of nitrogens with one attached hydrogen (secondary N) is 1. The Kier molecular flexibility index (Phi) is 5.11. The molecule has 0 amide bonds. The van der Waals surface area contributed by atoms with E-state index in [4.69, 9.17) is 4.74 Å². The summed E-state index contributed by atoms with van der Waals surface area (Å²) in [6.07, 6.45) is 2.17. The number of carbonyl (C=O) groups excluding carboxylic acids is 2. The smallest absolute Gasteiger partial charge is 0.339 e. The van der Waals surface area contributed by atoms with Crippen LogP contribution in [0.4, 0.5) is 0 Å². The predicted octanol–water partition coefficient (Wildman–Crippen LogP) is 3.89. The van der Waals surface area contributed by atoms with Crippen molar-refractivity contribution in [1.29, 1.82) is 0 Å². The van der Waals surface area contributed by atoms with Crippen LogP contribution in [0.15, 0.2) is 17.5 Å². The minimum atomic E-state index is -0.407. The van der Waals surface area contributed by atoms with Crippen molar-refractivity contribution in [2.75, 3.05) is 13.7 Å². The number of carbonyl (C=O) groups is 2. The van der Waals surface area contributed by atoms with Crippen LogP contribution < -0.4 is 0 Å². The molecule has 0 unspecified atom stereocenters. The fourth-order valence-electron chi connectivity index (χ4n) is 3.80. The number of aromatic nitrogens is 1. The van der Waals surface area contributed by atoms with E-state index in [2.05, 4.69) is 27.4 Å². The van der Waals surface area contributed by atoms with Gasteiger partial charge in [0.15, 0.2) is 5.78 Å². The molecule has 6 heteroatoms. The van der Waals surface area contributed by atoms with Crippen LogP contribution in [-0.4, -0.2) is 41.3 Å². The fraction of sp³-hybridized carbons (Fsp3) is 0.474. The van der Waals surface area contributed by atoms with Crippen molar-refractivity contribution in [2.45, 2.75) is 45.7 Å². The third-order valence-electron chi connectivity index (χ3n) is 5.12. The molecule has 1 N–H and O–H groups in total. The lowest BCUT2D eigenvalue weighted by molar-refractivity contribution is 0.0599. The number of hydrogen-bond acceptors (Lipinski definition) is 5. The molecule has 2 aromatic rings. The van der Waals surface area contributed by atoms with E-state index >= 15 is 0 Å². The topological polar surface area (TPSA) is 62.4 Å². The zero-order valence-corrected chi connectivity index (χ0v) is 15.9. The van der Waals surface area contributed by atoms with E-state index in [9.17, 15) is 9.59 Å². The summed E-state index contributed by atoms with van der Waals surface area (Å²) in [7, 11) is 1.36. The summed E-state index contributed by atoms with van der Waals surface area (Å²) in [5.74, 6) is -0.380. The summed E-state index contributed by atoms with van der Waals surface area (Å²) in [6, 6.07) is 4.26. The van der Waals surface area contributed by atoms with Crippen molar-refractivity contribution < 1.29 is 14.3 Å². The van der Waals surface area contributed by atoms with Crippen LogP contribution in [0.25, 0.3) is 0 Å². The normalized spacial score (nSPS) is 19.1. The summed E-state index contributed by atoms with van der Waals surface area (Å²) in [4.78, 5) is 31.8. The monoisotopic (exact) mass is 360 g/mol. The molecule has 0 radical (unpaired) electrons. The highest BCUT2D eigenvalue weighted by Crippen LogP contribution is 2.36. The molecule has 5 nitrogen and oxygen atoms in total. The zero-order valence-electron chi connectivity index (χ0n) is 15.1. The van der Waals surface area contributed by atoms with Crippen molar-refractivity contribution in [3.63, 3.8) is 0 Å². The second kappa shape index (κ2) is 7.14. The van der Waals surface area contributed by atoms with Crippen LogP contribution in [0, 0.1) is 13.8 Å². The number of aromatic amines is 1. The SMILES string of the molecule is COC(=O)c1c(C)[nH]c(C(=O)[C@H](C)N2CCC[C@@H]2c2cccs2)c1C. The molecule has 0 aliphatic carbocycles. The second-order valence-corrected chi connectivity index (χ2v) is 7.55. The van der Waals surface area contributed by atoms with Crippen LogP contribution in [0.5, 0.6) is 0 Å². The van der Waals surface area contributed by atoms with Gasteiger partial charge in [-0.25, -0.2) is 4.79 Å². The van der Waals surface area contributed by atoms with Crippen molar-refractivity contribution in [3.8, 4) is 0 Å². The van der Waals surface area contributed by atoms with Crippen LogP contribution in [0.2, 0.25) is 0 Å². The Hall–Kier alpha value is -1.92. The Balaban J connectivity index is 1.87. The van der Waals surface area contributed by atoms with Gasteiger partial charge in [0.05, 0.1) is 24.4 Å². The molecule has 3 rings (SSSR count). The number of Topliss-reactive ketones (excluding diaryl/α,β-unsaturated/α-hetero) is 1. The number of ketones is 1. The van der Waals surface area contributed by atoms with Crippen LogP contribution in [0.3, 0.4) is 0 Å². The average Bonchev–Trinajstić information content (AvgIpc) is 3.32. The van der Waals surface area contributed by atoms with E-state index in [1.54, 1.807) is 25.2 Å². The molecular formula is C19H24N2O3S. The fourth-order valence-corrected chi connectivity index (χ4v) is 4.68. The number of ether oxygens (including phenoxy) is 1.